The average Bonchev–Trinajstić information content (AvgIpc) is 2.72. The van der Waals surface area contributed by atoms with Crippen LogP contribution in [-0.2, 0) is 6.42 Å². The Morgan fingerprint density at radius 1 is 1.32 bits per heavy atom. The Morgan fingerprint density at radius 2 is 2.00 bits per heavy atom. The smallest absolute Gasteiger partial charge is 0.123 e. The summed E-state index contributed by atoms with van der Waals surface area (Å²) in [5.74, 6) is -0.182. The number of halogens is 2. The van der Waals surface area contributed by atoms with Gasteiger partial charge in [0, 0.05) is 20.3 Å². The molecular formula is C15H17BrFNS. The maximum absolute atomic E-state index is 12.9. The molecule has 1 aromatic carbocycles. The minimum absolute atomic E-state index is 0.182. The van der Waals surface area contributed by atoms with Crippen LogP contribution in [0.3, 0.4) is 0 Å². The third-order valence-corrected chi connectivity index (χ3v) is 5.27. The Kier molecular flexibility index (Phi) is 5.13. The third kappa shape index (κ3) is 3.88. The highest BCUT2D eigenvalue weighted by Crippen LogP contribution is 2.32. The number of hydrogen-bond donors (Lipinski definition) is 1. The van der Waals surface area contributed by atoms with E-state index in [0.29, 0.717) is 0 Å². The Balaban J connectivity index is 2.18. The fraction of sp³-hybridized carbons (Fsp3) is 0.333. The number of hydrogen-bond acceptors (Lipinski definition) is 2. The molecule has 0 aliphatic carbocycles. The van der Waals surface area contributed by atoms with Gasteiger partial charge in [-0.25, -0.2) is 4.39 Å². The number of aryl methyl sites for hydroxylation is 1. The van der Waals surface area contributed by atoms with Crippen LogP contribution in [0.25, 0.3) is 0 Å². The number of nitrogens with one attached hydrogen (secondary N) is 1. The average molecular weight is 342 g/mol. The molecule has 102 valence electrons. The van der Waals surface area contributed by atoms with Crippen molar-refractivity contribution in [2.45, 2.75) is 26.3 Å². The van der Waals surface area contributed by atoms with E-state index in [1.807, 2.05) is 12.1 Å². The van der Waals surface area contributed by atoms with Crippen LogP contribution in [0.4, 0.5) is 4.39 Å². The lowest BCUT2D eigenvalue weighted by Gasteiger charge is -2.16. The van der Waals surface area contributed by atoms with Gasteiger partial charge < -0.3 is 5.32 Å². The molecule has 0 bridgehead atoms. The third-order valence-electron chi connectivity index (χ3n) is 3.02. The number of benzene rings is 1. The van der Waals surface area contributed by atoms with E-state index in [9.17, 15) is 4.39 Å². The number of rotatable bonds is 5. The van der Waals surface area contributed by atoms with Crippen LogP contribution in [0, 0.1) is 12.7 Å². The highest BCUT2D eigenvalue weighted by atomic mass is 79.9. The van der Waals surface area contributed by atoms with E-state index in [2.05, 4.69) is 41.2 Å². The molecule has 19 heavy (non-hydrogen) atoms. The zero-order valence-electron chi connectivity index (χ0n) is 11.0. The molecule has 0 spiro atoms. The second-order valence-electron chi connectivity index (χ2n) is 4.49. The Morgan fingerprint density at radius 3 is 2.53 bits per heavy atom. The van der Waals surface area contributed by atoms with Crippen LogP contribution in [0.1, 0.15) is 28.3 Å². The molecule has 0 aliphatic heterocycles. The van der Waals surface area contributed by atoms with E-state index >= 15 is 0 Å². The summed E-state index contributed by atoms with van der Waals surface area (Å²) in [5.41, 5.74) is 1.15. The molecule has 4 heteroatoms. The first-order chi connectivity index (χ1) is 9.10. The monoisotopic (exact) mass is 341 g/mol. The predicted octanol–water partition coefficient (Wildman–Crippen LogP) is 4.85. The van der Waals surface area contributed by atoms with E-state index in [-0.39, 0.29) is 11.9 Å². The molecule has 1 unspecified atom stereocenters. The Bertz CT molecular complexity index is 516. The standard InChI is InChI=1S/C15H17BrFNS/c1-3-18-14(15-9-13(16)10(2)19-15)8-11-4-6-12(17)7-5-11/h4-7,9,14,18H,3,8H2,1-2H3. The zero-order chi connectivity index (χ0) is 13.8. The van der Waals surface area contributed by atoms with Crippen molar-refractivity contribution in [1.82, 2.24) is 5.32 Å². The normalized spacial score (nSPS) is 12.6. The fourth-order valence-corrected chi connectivity index (χ4v) is 3.67. The maximum Gasteiger partial charge on any atom is 0.123 e. The van der Waals surface area contributed by atoms with Crippen LogP contribution in [-0.4, -0.2) is 6.54 Å². The van der Waals surface area contributed by atoms with Crippen molar-refractivity contribution in [3.8, 4) is 0 Å². The van der Waals surface area contributed by atoms with Crippen molar-refractivity contribution in [3.63, 3.8) is 0 Å². The van der Waals surface area contributed by atoms with Gasteiger partial charge in [0.15, 0.2) is 0 Å². The minimum Gasteiger partial charge on any atom is -0.309 e. The predicted molar refractivity (Wildman–Crippen MR) is 83.3 cm³/mol. The summed E-state index contributed by atoms with van der Waals surface area (Å²) >= 11 is 5.36. The summed E-state index contributed by atoms with van der Waals surface area (Å²) in [6.45, 7) is 5.13. The van der Waals surface area contributed by atoms with Gasteiger partial charge in [-0.1, -0.05) is 19.1 Å². The van der Waals surface area contributed by atoms with Crippen LogP contribution in [0.15, 0.2) is 34.8 Å². The van der Waals surface area contributed by atoms with Gasteiger partial charge in [-0.05, 0) is 59.6 Å². The van der Waals surface area contributed by atoms with Crippen molar-refractivity contribution in [2.75, 3.05) is 6.54 Å². The SMILES string of the molecule is CCNC(Cc1ccc(F)cc1)c1cc(Br)c(C)s1. The van der Waals surface area contributed by atoms with Gasteiger partial charge in [0.05, 0.1) is 0 Å². The molecule has 0 radical (unpaired) electrons. The summed E-state index contributed by atoms with van der Waals surface area (Å²) in [6.07, 6.45) is 0.876. The second-order valence-corrected chi connectivity index (χ2v) is 6.64. The Labute approximate surface area is 126 Å². The summed E-state index contributed by atoms with van der Waals surface area (Å²) < 4.78 is 14.1. The summed E-state index contributed by atoms with van der Waals surface area (Å²) in [6, 6.07) is 9.22. The van der Waals surface area contributed by atoms with Gasteiger partial charge in [-0.3, -0.25) is 0 Å². The first-order valence-electron chi connectivity index (χ1n) is 6.33. The topological polar surface area (TPSA) is 12.0 Å². The Hall–Kier alpha value is -0.710. The van der Waals surface area contributed by atoms with Crippen molar-refractivity contribution >= 4 is 27.3 Å². The molecule has 0 fully saturated rings. The van der Waals surface area contributed by atoms with E-state index in [0.717, 1.165) is 23.0 Å². The largest absolute Gasteiger partial charge is 0.309 e. The van der Waals surface area contributed by atoms with Gasteiger partial charge in [-0.15, -0.1) is 11.3 Å². The van der Waals surface area contributed by atoms with Gasteiger partial charge in [0.2, 0.25) is 0 Å². The van der Waals surface area contributed by atoms with Crippen molar-refractivity contribution in [1.29, 1.82) is 0 Å². The summed E-state index contributed by atoms with van der Waals surface area (Å²) in [5, 5.41) is 3.50. The molecule has 0 amide bonds. The van der Waals surface area contributed by atoms with E-state index in [1.165, 1.54) is 21.9 Å². The molecule has 0 saturated heterocycles. The molecule has 0 saturated carbocycles. The molecule has 2 rings (SSSR count). The van der Waals surface area contributed by atoms with E-state index in [4.69, 9.17) is 0 Å². The van der Waals surface area contributed by atoms with Crippen molar-refractivity contribution < 1.29 is 4.39 Å². The highest BCUT2D eigenvalue weighted by Gasteiger charge is 2.15. The molecule has 1 N–H and O–H groups in total. The first kappa shape index (κ1) is 14.7. The van der Waals surface area contributed by atoms with E-state index in [1.54, 1.807) is 11.3 Å². The molecule has 2 aromatic rings. The minimum atomic E-state index is -0.182. The van der Waals surface area contributed by atoms with Crippen molar-refractivity contribution in [2.24, 2.45) is 0 Å². The van der Waals surface area contributed by atoms with Gasteiger partial charge >= 0.3 is 0 Å². The van der Waals surface area contributed by atoms with Crippen LogP contribution in [0.2, 0.25) is 0 Å². The van der Waals surface area contributed by atoms with Gasteiger partial charge in [0.25, 0.3) is 0 Å². The lowest BCUT2D eigenvalue weighted by molar-refractivity contribution is 0.557. The lowest BCUT2D eigenvalue weighted by Crippen LogP contribution is -2.22. The van der Waals surface area contributed by atoms with Crippen LogP contribution >= 0.6 is 27.3 Å². The summed E-state index contributed by atoms with van der Waals surface area (Å²) in [7, 11) is 0. The maximum atomic E-state index is 12.9. The molecule has 1 atom stereocenters. The molecule has 1 nitrogen and oxygen atoms in total. The molecule has 1 heterocycles. The zero-order valence-corrected chi connectivity index (χ0v) is 13.4. The number of thiophene rings is 1. The van der Waals surface area contributed by atoms with Crippen LogP contribution < -0.4 is 5.32 Å². The highest BCUT2D eigenvalue weighted by molar-refractivity contribution is 9.10. The second kappa shape index (κ2) is 6.64. The van der Waals surface area contributed by atoms with Gasteiger partial charge in [0.1, 0.15) is 5.82 Å². The first-order valence-corrected chi connectivity index (χ1v) is 7.94. The van der Waals surface area contributed by atoms with Gasteiger partial charge in [-0.2, -0.15) is 0 Å². The lowest BCUT2D eigenvalue weighted by atomic mass is 10.0. The summed E-state index contributed by atoms with van der Waals surface area (Å²) in [4.78, 5) is 2.60. The molecule has 1 aromatic heterocycles. The molecular weight excluding hydrogens is 325 g/mol. The quantitative estimate of drug-likeness (QED) is 0.819. The van der Waals surface area contributed by atoms with Crippen LogP contribution in [0.5, 0.6) is 0 Å². The fourth-order valence-electron chi connectivity index (χ4n) is 2.03. The molecule has 0 aliphatic rings. The van der Waals surface area contributed by atoms with Crippen molar-refractivity contribution in [3.05, 3.63) is 55.9 Å². The van der Waals surface area contributed by atoms with E-state index < -0.39 is 0 Å². The number of likely N-dealkylation sites (N-methyl/N-ethyl adjacent to an activating group) is 1.